The van der Waals surface area contributed by atoms with Crippen LogP contribution >= 0.6 is 24.8 Å². The molecule has 0 spiro atoms. The normalized spacial score (nSPS) is 24.3. The summed E-state index contributed by atoms with van der Waals surface area (Å²) in [7, 11) is 6.55. The van der Waals surface area contributed by atoms with E-state index in [1.54, 1.807) is 45.2 Å². The van der Waals surface area contributed by atoms with Crippen molar-refractivity contribution in [3.63, 3.8) is 0 Å². The largest absolute Gasteiger partial charge is 0.508 e. The fourth-order valence-electron chi connectivity index (χ4n) is 6.27. The molecule has 2 amide bonds. The van der Waals surface area contributed by atoms with Crippen LogP contribution in [-0.4, -0.2) is 102 Å². The molecule has 0 aliphatic heterocycles. The number of benzene rings is 1. The maximum Gasteiger partial charge on any atom is 0.255 e. The zero-order valence-electron chi connectivity index (χ0n) is 24.1. The van der Waals surface area contributed by atoms with Crippen LogP contribution in [0.5, 0.6) is 5.75 Å². The van der Waals surface area contributed by atoms with Crippen LogP contribution in [0.15, 0.2) is 35.6 Å². The molecule has 8 N–H and O–H groups in total. The van der Waals surface area contributed by atoms with Crippen molar-refractivity contribution in [1.82, 2.24) is 10.2 Å². The molecule has 236 valence electrons. The number of ketones is 2. The van der Waals surface area contributed by atoms with E-state index in [9.17, 15) is 39.6 Å². The van der Waals surface area contributed by atoms with Crippen LogP contribution in [0, 0.1) is 11.8 Å². The third-order valence-electron chi connectivity index (χ3n) is 8.03. The second-order valence-corrected chi connectivity index (χ2v) is 11.0. The van der Waals surface area contributed by atoms with Crippen molar-refractivity contribution in [1.29, 1.82) is 0 Å². The maximum absolute atomic E-state index is 14.0. The van der Waals surface area contributed by atoms with Crippen molar-refractivity contribution in [2.24, 2.45) is 17.6 Å². The van der Waals surface area contributed by atoms with Gasteiger partial charge in [0.05, 0.1) is 23.8 Å². The molecule has 0 heterocycles. The second kappa shape index (κ2) is 12.9. The summed E-state index contributed by atoms with van der Waals surface area (Å²) in [6.45, 7) is 3.87. The Bertz CT molecular complexity index is 1440. The number of anilines is 2. The summed E-state index contributed by atoms with van der Waals surface area (Å²) in [5.74, 6) is -7.85. The van der Waals surface area contributed by atoms with Crippen LogP contribution in [0.2, 0.25) is 0 Å². The summed E-state index contributed by atoms with van der Waals surface area (Å²) < 4.78 is 0. The van der Waals surface area contributed by atoms with Gasteiger partial charge in [-0.05, 0) is 44.5 Å². The van der Waals surface area contributed by atoms with Crippen LogP contribution in [0.4, 0.5) is 11.4 Å². The smallest absolute Gasteiger partial charge is 0.255 e. The summed E-state index contributed by atoms with van der Waals surface area (Å²) >= 11 is 0. The van der Waals surface area contributed by atoms with Gasteiger partial charge in [0.15, 0.2) is 11.4 Å². The van der Waals surface area contributed by atoms with Crippen molar-refractivity contribution < 1.29 is 39.6 Å². The lowest BCUT2D eigenvalue weighted by Gasteiger charge is -2.50. The molecule has 1 saturated carbocycles. The van der Waals surface area contributed by atoms with Crippen molar-refractivity contribution in [3.8, 4) is 5.75 Å². The Kier molecular flexibility index (Phi) is 10.7. The first-order valence-electron chi connectivity index (χ1n) is 13.0. The molecule has 0 aromatic heterocycles. The number of carbonyl (C=O) groups is 4. The number of nitrogens with one attached hydrogen (secondary N) is 2. The minimum atomic E-state index is -2.73. The van der Waals surface area contributed by atoms with E-state index in [0.29, 0.717) is 17.8 Å². The average Bonchev–Trinajstić information content (AvgIpc) is 2.87. The van der Waals surface area contributed by atoms with Crippen molar-refractivity contribution >= 4 is 65.3 Å². The lowest BCUT2D eigenvalue weighted by molar-refractivity contribution is -0.153. The van der Waals surface area contributed by atoms with Crippen LogP contribution in [0.3, 0.4) is 0 Å². The zero-order valence-corrected chi connectivity index (χ0v) is 25.8. The van der Waals surface area contributed by atoms with Gasteiger partial charge in [0.25, 0.3) is 5.91 Å². The summed E-state index contributed by atoms with van der Waals surface area (Å²) in [5.41, 5.74) is 2.39. The number of rotatable bonds is 8. The molecule has 0 bridgehead atoms. The average molecular weight is 643 g/mol. The predicted molar refractivity (Wildman–Crippen MR) is 165 cm³/mol. The number of aromatic hydroxyl groups is 1. The molecule has 13 nitrogen and oxygen atoms in total. The second-order valence-electron chi connectivity index (χ2n) is 11.0. The number of Topliss-reactive ketones (excluding diaryl/α,β-unsaturated/α-hetero) is 2. The zero-order chi connectivity index (χ0) is 30.5. The monoisotopic (exact) mass is 641 g/mol. The first-order valence-corrected chi connectivity index (χ1v) is 13.0. The van der Waals surface area contributed by atoms with Crippen LogP contribution in [0.1, 0.15) is 17.5 Å². The van der Waals surface area contributed by atoms with Gasteiger partial charge < -0.3 is 41.7 Å². The maximum atomic E-state index is 14.0. The lowest BCUT2D eigenvalue weighted by atomic mass is 9.57. The van der Waals surface area contributed by atoms with Gasteiger partial charge in [-0.3, -0.25) is 24.1 Å². The molecule has 3 aliphatic carbocycles. The highest BCUT2D eigenvalue weighted by molar-refractivity contribution is 6.24. The fraction of sp³-hybridized carbons (Fsp3) is 0.429. The predicted octanol–water partition coefficient (Wildman–Crippen LogP) is 0.588. The lowest BCUT2D eigenvalue weighted by Crippen LogP contribution is -2.65. The van der Waals surface area contributed by atoms with E-state index in [4.69, 9.17) is 5.73 Å². The molecule has 3 unspecified atom stereocenters. The number of amides is 2. The molecular formula is C28H37Cl2N5O8. The Morgan fingerprint density at radius 1 is 1.16 bits per heavy atom. The minimum absolute atomic E-state index is 0. The number of likely N-dealkylation sites (N-methyl/N-ethyl adjacent to an activating group) is 1. The number of aliphatic hydroxyl groups is 3. The van der Waals surface area contributed by atoms with Crippen molar-refractivity contribution in [2.75, 3.05) is 51.5 Å². The number of aliphatic hydroxyl groups excluding tert-OH is 2. The summed E-state index contributed by atoms with van der Waals surface area (Å²) in [5, 5.41) is 50.9. The molecule has 0 radical (unpaired) electrons. The number of fused-ring (bicyclic) bond motifs is 3. The Morgan fingerprint density at radius 2 is 1.79 bits per heavy atom. The molecule has 4 rings (SSSR count). The number of hydrogen-bond acceptors (Lipinski definition) is 11. The van der Waals surface area contributed by atoms with Gasteiger partial charge in [0.1, 0.15) is 22.8 Å². The summed E-state index contributed by atoms with van der Waals surface area (Å²) in [6, 6.07) is 0.390. The number of nitrogens with two attached hydrogens (primary N) is 1. The molecule has 1 aromatic carbocycles. The summed E-state index contributed by atoms with van der Waals surface area (Å²) in [6.07, 6.45) is 1.69. The van der Waals surface area contributed by atoms with Crippen LogP contribution < -0.4 is 21.3 Å². The highest BCUT2D eigenvalue weighted by Crippen LogP contribution is 2.54. The Hall–Kier alpha value is -3.62. The van der Waals surface area contributed by atoms with Gasteiger partial charge in [-0.2, -0.15) is 0 Å². The third kappa shape index (κ3) is 5.58. The molecule has 1 fully saturated rings. The third-order valence-corrected chi connectivity index (χ3v) is 8.03. The topological polar surface area (TPSA) is 206 Å². The van der Waals surface area contributed by atoms with E-state index in [-0.39, 0.29) is 61.0 Å². The first kappa shape index (κ1) is 35.6. The Morgan fingerprint density at radius 3 is 2.33 bits per heavy atom. The molecule has 15 heteroatoms. The number of phenols is 1. The fourth-order valence-corrected chi connectivity index (χ4v) is 6.27. The molecule has 4 atom stereocenters. The van der Waals surface area contributed by atoms with E-state index >= 15 is 0 Å². The standard InChI is InChI=1S/C28H35N5O8.2ClH/c1-6-7-30-11-17(34)31-15-10-16(32(2)3)13-8-12-9-14-21(33(4)5)24(37)20(27(29)40)26(39)28(14,41)25(38)18(12)23(36)19(13)22(15)35;;/h6,10,12,14,21,30,35-36,39,41H,1,7-9,11H2,2-5H3,(H2,29,40)(H,31,34);2*1H/t12?,14?,21-,28?;;/m0../s1. The van der Waals surface area contributed by atoms with E-state index in [0.717, 1.165) is 0 Å². The van der Waals surface area contributed by atoms with Crippen LogP contribution in [0.25, 0.3) is 5.76 Å². The van der Waals surface area contributed by atoms with Gasteiger partial charge in [-0.25, -0.2) is 0 Å². The highest BCUT2D eigenvalue weighted by Gasteiger charge is 2.64. The van der Waals surface area contributed by atoms with Gasteiger partial charge >= 0.3 is 0 Å². The van der Waals surface area contributed by atoms with E-state index in [2.05, 4.69) is 17.2 Å². The van der Waals surface area contributed by atoms with E-state index < -0.39 is 69.7 Å². The number of carbonyl (C=O) groups excluding carboxylic acids is 4. The number of nitrogens with zero attached hydrogens (tertiary/aromatic N) is 2. The molecule has 43 heavy (non-hydrogen) atoms. The van der Waals surface area contributed by atoms with E-state index in [1.165, 1.54) is 4.90 Å². The molecule has 0 saturated heterocycles. The summed E-state index contributed by atoms with van der Waals surface area (Å²) in [4.78, 5) is 55.0. The number of primary amides is 1. The van der Waals surface area contributed by atoms with Gasteiger partial charge in [0.2, 0.25) is 11.7 Å². The molecule has 1 aromatic rings. The quantitative estimate of drug-likeness (QED) is 0.0904. The van der Waals surface area contributed by atoms with Crippen molar-refractivity contribution in [3.05, 3.63) is 46.8 Å². The van der Waals surface area contributed by atoms with E-state index in [1.807, 2.05) is 0 Å². The molecular weight excluding hydrogens is 605 g/mol. The molecule has 3 aliphatic rings. The van der Waals surface area contributed by atoms with Gasteiger partial charge in [-0.15, -0.1) is 31.4 Å². The number of phenolic OH excluding ortho intramolecular Hbond substituents is 1. The van der Waals surface area contributed by atoms with Crippen LogP contribution in [-0.2, 0) is 25.6 Å². The minimum Gasteiger partial charge on any atom is -0.508 e. The Labute approximate surface area is 260 Å². The Balaban J connectivity index is 0.00000323. The SMILES string of the molecule is C=CCNCC(=O)Nc1cc(N(C)C)c2c(c1O)C(O)=C1C(=O)C3(O)C(O)=C(C(N)=O)C(=O)[C@@H](N(C)C)C3CC1C2.Cl.Cl. The van der Waals surface area contributed by atoms with Gasteiger partial charge in [0, 0.05) is 37.8 Å². The van der Waals surface area contributed by atoms with Crippen molar-refractivity contribution in [2.45, 2.75) is 24.5 Å². The highest BCUT2D eigenvalue weighted by atomic mass is 35.5. The van der Waals surface area contributed by atoms with Gasteiger partial charge in [-0.1, -0.05) is 6.08 Å². The first-order chi connectivity index (χ1) is 19.2. The number of hydrogen-bond donors (Lipinski definition) is 7. The number of halogens is 2.